The number of carbonyl (C=O) groups excluding carboxylic acids is 2. The van der Waals surface area contributed by atoms with Gasteiger partial charge in [0.25, 0.3) is 5.91 Å². The molecule has 1 aromatic heterocycles. The molecule has 6 nitrogen and oxygen atoms in total. The summed E-state index contributed by atoms with van der Waals surface area (Å²) in [7, 11) is 0. The number of nitrogens with zero attached hydrogens (tertiary/aromatic N) is 1. The molecule has 0 saturated carbocycles. The van der Waals surface area contributed by atoms with E-state index in [1.807, 2.05) is 25.1 Å². The van der Waals surface area contributed by atoms with Crippen LogP contribution in [0.1, 0.15) is 33.2 Å². The zero-order chi connectivity index (χ0) is 19.9. The summed E-state index contributed by atoms with van der Waals surface area (Å²) < 4.78 is 10.6. The first kappa shape index (κ1) is 19.1. The number of rotatable bonds is 6. The minimum atomic E-state index is -0.421. The van der Waals surface area contributed by atoms with Gasteiger partial charge in [-0.05, 0) is 56.3 Å². The minimum absolute atomic E-state index is 0.173. The van der Waals surface area contributed by atoms with Gasteiger partial charge < -0.3 is 14.8 Å². The monoisotopic (exact) mass is 376 g/mol. The van der Waals surface area contributed by atoms with Gasteiger partial charge in [0.2, 0.25) is 5.88 Å². The fraction of sp³-hybridized carbons (Fsp3) is 0.136. The highest BCUT2D eigenvalue weighted by Gasteiger charge is 2.08. The third kappa shape index (κ3) is 4.94. The molecule has 0 atom stereocenters. The lowest BCUT2D eigenvalue weighted by atomic mass is 10.1. The van der Waals surface area contributed by atoms with Gasteiger partial charge in [-0.25, -0.2) is 9.78 Å². The molecule has 0 radical (unpaired) electrons. The normalized spacial score (nSPS) is 10.2. The first-order chi connectivity index (χ1) is 13.5. The van der Waals surface area contributed by atoms with Crippen LogP contribution in [0.5, 0.6) is 11.6 Å². The standard InChI is InChI=1S/C22H20N2O4/c1-3-27-22(26)17-7-12-20(23-14-17)28-19-10-8-18(9-11-19)24-21(25)16-6-4-5-15(2)13-16/h4-14H,3H2,1-2H3,(H,24,25). The van der Waals surface area contributed by atoms with Crippen molar-refractivity contribution in [2.45, 2.75) is 13.8 Å². The third-order valence-corrected chi connectivity index (χ3v) is 3.86. The Balaban J connectivity index is 1.61. The number of benzene rings is 2. The van der Waals surface area contributed by atoms with Crippen LogP contribution in [0.25, 0.3) is 0 Å². The highest BCUT2D eigenvalue weighted by molar-refractivity contribution is 6.04. The van der Waals surface area contributed by atoms with Crippen LogP contribution in [0.4, 0.5) is 5.69 Å². The molecule has 3 rings (SSSR count). The number of hydrogen-bond donors (Lipinski definition) is 1. The molecule has 0 bridgehead atoms. The number of hydrogen-bond acceptors (Lipinski definition) is 5. The molecular weight excluding hydrogens is 356 g/mol. The number of esters is 1. The summed E-state index contributed by atoms with van der Waals surface area (Å²) in [6.07, 6.45) is 1.41. The van der Waals surface area contributed by atoms with Gasteiger partial charge in [-0.2, -0.15) is 0 Å². The lowest BCUT2D eigenvalue weighted by Gasteiger charge is -2.08. The topological polar surface area (TPSA) is 77.5 Å². The van der Waals surface area contributed by atoms with E-state index in [-0.39, 0.29) is 5.91 Å². The lowest BCUT2D eigenvalue weighted by molar-refractivity contribution is 0.0525. The zero-order valence-corrected chi connectivity index (χ0v) is 15.6. The van der Waals surface area contributed by atoms with E-state index in [2.05, 4.69) is 10.3 Å². The van der Waals surface area contributed by atoms with Gasteiger partial charge in [0.1, 0.15) is 5.75 Å². The second-order valence-corrected chi connectivity index (χ2v) is 6.06. The number of ether oxygens (including phenoxy) is 2. The molecule has 0 spiro atoms. The molecule has 0 saturated heterocycles. The molecule has 142 valence electrons. The molecule has 1 amide bonds. The molecule has 3 aromatic rings. The van der Waals surface area contributed by atoms with Crippen molar-refractivity contribution >= 4 is 17.6 Å². The van der Waals surface area contributed by atoms with Crippen LogP contribution in [-0.4, -0.2) is 23.5 Å². The van der Waals surface area contributed by atoms with Gasteiger partial charge in [-0.1, -0.05) is 17.7 Å². The summed E-state index contributed by atoms with van der Waals surface area (Å²) in [6, 6.07) is 17.5. The largest absolute Gasteiger partial charge is 0.462 e. The molecule has 1 heterocycles. The third-order valence-electron chi connectivity index (χ3n) is 3.86. The van der Waals surface area contributed by atoms with E-state index in [1.54, 1.807) is 49.4 Å². The van der Waals surface area contributed by atoms with Gasteiger partial charge in [0.05, 0.1) is 12.2 Å². The summed E-state index contributed by atoms with van der Waals surface area (Å²) in [5, 5.41) is 2.85. The lowest BCUT2D eigenvalue weighted by Crippen LogP contribution is -2.11. The molecule has 0 aliphatic rings. The number of anilines is 1. The molecule has 0 unspecified atom stereocenters. The smallest absolute Gasteiger partial charge is 0.339 e. The Morgan fingerprint density at radius 1 is 1.00 bits per heavy atom. The fourth-order valence-electron chi connectivity index (χ4n) is 2.49. The van der Waals surface area contributed by atoms with E-state index in [9.17, 15) is 9.59 Å². The Kier molecular flexibility index (Phi) is 6.01. The number of nitrogens with one attached hydrogen (secondary N) is 1. The van der Waals surface area contributed by atoms with E-state index in [0.29, 0.717) is 35.1 Å². The van der Waals surface area contributed by atoms with Crippen LogP contribution in [0.2, 0.25) is 0 Å². The Morgan fingerprint density at radius 3 is 2.43 bits per heavy atom. The van der Waals surface area contributed by atoms with Gasteiger partial charge >= 0.3 is 5.97 Å². The van der Waals surface area contributed by atoms with E-state index in [0.717, 1.165) is 5.56 Å². The molecular formula is C22H20N2O4. The van der Waals surface area contributed by atoms with Crippen molar-refractivity contribution in [3.63, 3.8) is 0 Å². The highest BCUT2D eigenvalue weighted by atomic mass is 16.5. The maximum atomic E-state index is 12.3. The fourth-order valence-corrected chi connectivity index (χ4v) is 2.49. The molecule has 2 aromatic carbocycles. The molecule has 0 fully saturated rings. The van der Waals surface area contributed by atoms with E-state index in [1.165, 1.54) is 6.20 Å². The van der Waals surface area contributed by atoms with Crippen LogP contribution >= 0.6 is 0 Å². The minimum Gasteiger partial charge on any atom is -0.462 e. The van der Waals surface area contributed by atoms with Crippen molar-refractivity contribution in [3.05, 3.63) is 83.6 Å². The molecule has 1 N–H and O–H groups in total. The van der Waals surface area contributed by atoms with Gasteiger partial charge in [0, 0.05) is 23.5 Å². The Hall–Kier alpha value is -3.67. The summed E-state index contributed by atoms with van der Waals surface area (Å²) in [4.78, 5) is 28.0. The van der Waals surface area contributed by atoms with Crippen molar-refractivity contribution in [3.8, 4) is 11.6 Å². The number of amides is 1. The second kappa shape index (κ2) is 8.81. The van der Waals surface area contributed by atoms with E-state index in [4.69, 9.17) is 9.47 Å². The summed E-state index contributed by atoms with van der Waals surface area (Å²) in [5.74, 6) is 0.318. The van der Waals surface area contributed by atoms with Crippen LogP contribution < -0.4 is 10.1 Å². The predicted molar refractivity (Wildman–Crippen MR) is 106 cm³/mol. The predicted octanol–water partition coefficient (Wildman–Crippen LogP) is 4.61. The van der Waals surface area contributed by atoms with Crippen molar-refractivity contribution in [2.75, 3.05) is 11.9 Å². The second-order valence-electron chi connectivity index (χ2n) is 6.06. The van der Waals surface area contributed by atoms with Crippen LogP contribution in [0.3, 0.4) is 0 Å². The average Bonchev–Trinajstić information content (AvgIpc) is 2.70. The number of aromatic nitrogens is 1. The van der Waals surface area contributed by atoms with Crippen LogP contribution in [0.15, 0.2) is 66.9 Å². The van der Waals surface area contributed by atoms with Crippen molar-refractivity contribution in [2.24, 2.45) is 0 Å². The van der Waals surface area contributed by atoms with E-state index >= 15 is 0 Å². The molecule has 0 aliphatic heterocycles. The Labute approximate surface area is 163 Å². The SMILES string of the molecule is CCOC(=O)c1ccc(Oc2ccc(NC(=O)c3cccc(C)c3)cc2)nc1. The summed E-state index contributed by atoms with van der Waals surface area (Å²) in [6.45, 7) is 4.00. The Bertz CT molecular complexity index is 967. The number of pyridine rings is 1. The zero-order valence-electron chi connectivity index (χ0n) is 15.6. The highest BCUT2D eigenvalue weighted by Crippen LogP contribution is 2.22. The van der Waals surface area contributed by atoms with Gasteiger partial charge in [-0.15, -0.1) is 0 Å². The maximum absolute atomic E-state index is 12.3. The van der Waals surface area contributed by atoms with Crippen LogP contribution in [-0.2, 0) is 4.74 Å². The molecule has 28 heavy (non-hydrogen) atoms. The first-order valence-corrected chi connectivity index (χ1v) is 8.84. The van der Waals surface area contributed by atoms with E-state index < -0.39 is 5.97 Å². The first-order valence-electron chi connectivity index (χ1n) is 8.84. The van der Waals surface area contributed by atoms with Crippen LogP contribution in [0, 0.1) is 6.92 Å². The quantitative estimate of drug-likeness (QED) is 0.636. The van der Waals surface area contributed by atoms with Crippen molar-refractivity contribution in [1.82, 2.24) is 4.98 Å². The molecule has 6 heteroatoms. The number of carbonyl (C=O) groups is 2. The number of aryl methyl sites for hydroxylation is 1. The average molecular weight is 376 g/mol. The summed E-state index contributed by atoms with van der Waals surface area (Å²) >= 11 is 0. The van der Waals surface area contributed by atoms with Gasteiger partial charge in [0.15, 0.2) is 0 Å². The molecule has 0 aliphatic carbocycles. The van der Waals surface area contributed by atoms with Crippen molar-refractivity contribution < 1.29 is 19.1 Å². The van der Waals surface area contributed by atoms with Gasteiger partial charge in [-0.3, -0.25) is 4.79 Å². The Morgan fingerprint density at radius 2 is 1.79 bits per heavy atom. The van der Waals surface area contributed by atoms with Crippen molar-refractivity contribution in [1.29, 1.82) is 0 Å². The summed E-state index contributed by atoms with van der Waals surface area (Å²) in [5.41, 5.74) is 2.65. The maximum Gasteiger partial charge on any atom is 0.339 e.